The number of unbranched alkanes of at least 4 members (excludes halogenated alkanes) is 4. The number of rotatable bonds is 9. The van der Waals surface area contributed by atoms with Gasteiger partial charge in [0.25, 0.3) is 0 Å². The second-order valence-corrected chi connectivity index (χ2v) is 5.51. The van der Waals surface area contributed by atoms with Crippen molar-refractivity contribution >= 4 is 0 Å². The summed E-state index contributed by atoms with van der Waals surface area (Å²) in [6.45, 7) is 6.60. The van der Waals surface area contributed by atoms with E-state index in [1.807, 2.05) is 6.07 Å². The summed E-state index contributed by atoms with van der Waals surface area (Å²) in [5.74, 6) is 0.778. The van der Waals surface area contributed by atoms with Crippen LogP contribution in [0.4, 0.5) is 0 Å². The molecule has 1 aromatic rings. The van der Waals surface area contributed by atoms with E-state index in [2.05, 4.69) is 30.9 Å². The van der Waals surface area contributed by atoms with Gasteiger partial charge in [-0.15, -0.1) is 0 Å². The maximum Gasteiger partial charge on any atom is 0.329 e. The fraction of sp³-hybridized carbons (Fsp3) is 0.800. The second kappa shape index (κ2) is 7.93. The van der Waals surface area contributed by atoms with E-state index >= 15 is 0 Å². The van der Waals surface area contributed by atoms with E-state index < -0.39 is 0 Å². The lowest BCUT2D eigenvalue weighted by atomic mass is 9.79. The Kier molecular flexibility index (Phi) is 6.55. The molecule has 0 bridgehead atoms. The molecule has 4 nitrogen and oxygen atoms in total. The van der Waals surface area contributed by atoms with Crippen LogP contribution < -0.4 is 0 Å². The molecule has 0 spiro atoms. The molecule has 0 saturated carbocycles. The number of aromatic nitrogens is 2. The molecule has 1 rings (SSSR count). The summed E-state index contributed by atoms with van der Waals surface area (Å²) in [5.41, 5.74) is -0.0532. The molecular formula is C15H25N3O. The second-order valence-electron chi connectivity index (χ2n) is 5.51. The Labute approximate surface area is 116 Å². The Bertz CT molecular complexity index is 408. The minimum Gasteiger partial charge on any atom is -0.323 e. The summed E-state index contributed by atoms with van der Waals surface area (Å²) in [4.78, 5) is 4.21. The van der Waals surface area contributed by atoms with Crippen molar-refractivity contribution in [2.45, 2.75) is 77.6 Å². The van der Waals surface area contributed by atoms with E-state index in [4.69, 9.17) is 9.78 Å². The molecule has 1 heterocycles. The summed E-state index contributed by atoms with van der Waals surface area (Å²) in [6.07, 6.45) is 9.39. The van der Waals surface area contributed by atoms with Gasteiger partial charge in [-0.1, -0.05) is 64.5 Å². The Morgan fingerprint density at radius 1 is 1.11 bits per heavy atom. The van der Waals surface area contributed by atoms with E-state index in [9.17, 15) is 0 Å². The standard InChI is InChI=1S/C15H25N3O/c1-4-6-8-9-11-15(3,10-7-5-2)14-17-13(12-16)19-18-14/h4-11H2,1-3H3. The Morgan fingerprint density at radius 3 is 2.37 bits per heavy atom. The first-order valence-corrected chi connectivity index (χ1v) is 7.40. The largest absolute Gasteiger partial charge is 0.329 e. The van der Waals surface area contributed by atoms with Crippen molar-refractivity contribution in [3.63, 3.8) is 0 Å². The highest BCUT2D eigenvalue weighted by molar-refractivity contribution is 5.10. The van der Waals surface area contributed by atoms with Crippen molar-refractivity contribution in [1.82, 2.24) is 10.1 Å². The highest BCUT2D eigenvalue weighted by Gasteiger charge is 2.31. The zero-order valence-corrected chi connectivity index (χ0v) is 12.4. The maximum atomic E-state index is 8.79. The summed E-state index contributed by atoms with van der Waals surface area (Å²) in [7, 11) is 0. The maximum absolute atomic E-state index is 8.79. The molecule has 0 radical (unpaired) electrons. The van der Waals surface area contributed by atoms with E-state index in [-0.39, 0.29) is 11.3 Å². The van der Waals surface area contributed by atoms with Gasteiger partial charge in [0, 0.05) is 5.41 Å². The Balaban J connectivity index is 2.71. The van der Waals surface area contributed by atoms with E-state index in [1.165, 1.54) is 25.7 Å². The summed E-state index contributed by atoms with van der Waals surface area (Å²) in [6, 6.07) is 1.91. The Morgan fingerprint density at radius 2 is 1.79 bits per heavy atom. The summed E-state index contributed by atoms with van der Waals surface area (Å²) >= 11 is 0. The minimum atomic E-state index is -0.0532. The van der Waals surface area contributed by atoms with E-state index in [0.717, 1.165) is 25.7 Å². The lowest BCUT2D eigenvalue weighted by molar-refractivity contribution is 0.324. The van der Waals surface area contributed by atoms with Gasteiger partial charge < -0.3 is 4.52 Å². The topological polar surface area (TPSA) is 62.7 Å². The van der Waals surface area contributed by atoms with Gasteiger partial charge in [-0.25, -0.2) is 0 Å². The van der Waals surface area contributed by atoms with Crippen molar-refractivity contribution in [3.8, 4) is 6.07 Å². The summed E-state index contributed by atoms with van der Waals surface area (Å²) in [5, 5.41) is 12.8. The molecule has 1 unspecified atom stereocenters. The molecule has 0 N–H and O–H groups in total. The third-order valence-electron chi connectivity index (χ3n) is 3.73. The van der Waals surface area contributed by atoms with Crippen LogP contribution >= 0.6 is 0 Å². The lowest BCUT2D eigenvalue weighted by Crippen LogP contribution is -2.23. The average molecular weight is 263 g/mol. The fourth-order valence-electron chi connectivity index (χ4n) is 2.37. The third-order valence-corrected chi connectivity index (χ3v) is 3.73. The molecule has 0 saturated heterocycles. The van der Waals surface area contributed by atoms with Gasteiger partial charge in [0.15, 0.2) is 11.9 Å². The van der Waals surface area contributed by atoms with Crippen LogP contribution in [0.25, 0.3) is 0 Å². The van der Waals surface area contributed by atoms with Gasteiger partial charge in [0.1, 0.15) is 0 Å². The van der Waals surface area contributed by atoms with Gasteiger partial charge in [0.2, 0.25) is 0 Å². The van der Waals surface area contributed by atoms with Crippen LogP contribution in [0.1, 0.15) is 83.9 Å². The van der Waals surface area contributed by atoms with E-state index in [1.54, 1.807) is 0 Å². The number of hydrogen-bond acceptors (Lipinski definition) is 4. The van der Waals surface area contributed by atoms with Crippen molar-refractivity contribution in [2.24, 2.45) is 0 Å². The number of hydrogen-bond donors (Lipinski definition) is 0. The van der Waals surface area contributed by atoms with Crippen molar-refractivity contribution in [2.75, 3.05) is 0 Å². The monoisotopic (exact) mass is 263 g/mol. The van der Waals surface area contributed by atoms with Gasteiger partial charge in [-0.2, -0.15) is 10.2 Å². The van der Waals surface area contributed by atoms with Crippen LogP contribution in [0.15, 0.2) is 4.52 Å². The fourth-order valence-corrected chi connectivity index (χ4v) is 2.37. The van der Waals surface area contributed by atoms with Gasteiger partial charge in [0.05, 0.1) is 0 Å². The van der Waals surface area contributed by atoms with Gasteiger partial charge >= 0.3 is 5.89 Å². The van der Waals surface area contributed by atoms with Gasteiger partial charge in [-0.3, -0.25) is 0 Å². The van der Waals surface area contributed by atoms with E-state index in [0.29, 0.717) is 5.82 Å². The van der Waals surface area contributed by atoms with Crippen LogP contribution in [0, 0.1) is 11.3 Å². The van der Waals surface area contributed by atoms with Crippen LogP contribution in [-0.2, 0) is 5.41 Å². The summed E-state index contributed by atoms with van der Waals surface area (Å²) < 4.78 is 4.95. The van der Waals surface area contributed by atoms with Crippen molar-refractivity contribution in [3.05, 3.63) is 11.7 Å². The molecule has 0 aromatic carbocycles. The smallest absolute Gasteiger partial charge is 0.323 e. The molecule has 1 atom stereocenters. The predicted molar refractivity (Wildman–Crippen MR) is 74.6 cm³/mol. The van der Waals surface area contributed by atoms with Crippen LogP contribution in [0.5, 0.6) is 0 Å². The van der Waals surface area contributed by atoms with Crippen LogP contribution in [0.3, 0.4) is 0 Å². The lowest BCUT2D eigenvalue weighted by Gasteiger charge is -2.25. The molecule has 1 aromatic heterocycles. The normalized spacial score (nSPS) is 14.0. The quantitative estimate of drug-likeness (QED) is 0.621. The zero-order chi connectivity index (χ0) is 14.1. The molecule has 0 amide bonds. The molecule has 106 valence electrons. The average Bonchev–Trinajstić information content (AvgIpc) is 2.91. The molecular weight excluding hydrogens is 238 g/mol. The predicted octanol–water partition coefficient (Wildman–Crippen LogP) is 4.36. The number of nitriles is 1. The molecule has 0 aliphatic heterocycles. The number of nitrogens with zero attached hydrogens (tertiary/aromatic N) is 3. The molecule has 0 fully saturated rings. The first kappa shape index (κ1) is 15.7. The van der Waals surface area contributed by atoms with Crippen molar-refractivity contribution < 1.29 is 4.52 Å². The molecule has 4 heteroatoms. The molecule has 0 aliphatic rings. The Hall–Kier alpha value is -1.37. The van der Waals surface area contributed by atoms with Crippen LogP contribution in [0.2, 0.25) is 0 Å². The van der Waals surface area contributed by atoms with Gasteiger partial charge in [-0.05, 0) is 12.8 Å². The highest BCUT2D eigenvalue weighted by atomic mass is 16.5. The molecule has 19 heavy (non-hydrogen) atoms. The van der Waals surface area contributed by atoms with Crippen molar-refractivity contribution in [1.29, 1.82) is 5.26 Å². The highest BCUT2D eigenvalue weighted by Crippen LogP contribution is 2.33. The zero-order valence-electron chi connectivity index (χ0n) is 12.4. The molecule has 0 aliphatic carbocycles. The first-order chi connectivity index (χ1) is 9.16. The SMILES string of the molecule is CCCCCCC(C)(CCCC)c1noc(C#N)n1. The van der Waals surface area contributed by atoms with Crippen LogP contribution in [-0.4, -0.2) is 10.1 Å². The minimum absolute atomic E-state index is 0.0532. The first-order valence-electron chi connectivity index (χ1n) is 7.40. The third kappa shape index (κ3) is 4.66.